The number of nitrogens with two attached hydrogens (primary N) is 1. The first kappa shape index (κ1) is 13.7. The molecule has 1 aliphatic carbocycles. The van der Waals surface area contributed by atoms with Crippen molar-refractivity contribution in [3.63, 3.8) is 0 Å². The monoisotopic (exact) mass is 279 g/mol. The van der Waals surface area contributed by atoms with Crippen molar-refractivity contribution in [3.05, 3.63) is 53.8 Å². The maximum atomic E-state index is 7.53. The van der Waals surface area contributed by atoms with Crippen molar-refractivity contribution in [2.24, 2.45) is 0 Å². The zero-order valence-corrected chi connectivity index (χ0v) is 12.5. The molecule has 1 unspecified atom stereocenters. The Labute approximate surface area is 125 Å². The molecule has 3 N–H and O–H groups in total. The van der Waals surface area contributed by atoms with E-state index in [0.717, 1.165) is 22.9 Å². The fraction of sp³-hybridized carbons (Fsp3) is 0.278. The first-order valence-electron chi connectivity index (χ1n) is 7.40. The standard InChI is InChI=1S/C18H21N3/c1-12(2)17-9-13-8-16(20)14(11-19)10-18(13)21(17)15-6-4-3-5-7-15/h3-6,8-12,15,19H,7,20H2,1-2H3. The minimum Gasteiger partial charge on any atom is -0.398 e. The average Bonchev–Trinajstić information content (AvgIpc) is 2.85. The minimum atomic E-state index is 0.340. The lowest BCUT2D eigenvalue weighted by molar-refractivity contribution is 0.584. The van der Waals surface area contributed by atoms with Crippen LogP contribution in [0.15, 0.2) is 42.5 Å². The number of fused-ring (bicyclic) bond motifs is 1. The second-order valence-electron chi connectivity index (χ2n) is 5.89. The highest BCUT2D eigenvalue weighted by molar-refractivity contribution is 5.95. The average molecular weight is 279 g/mol. The fourth-order valence-electron chi connectivity index (χ4n) is 3.03. The molecule has 3 nitrogen and oxygen atoms in total. The van der Waals surface area contributed by atoms with Gasteiger partial charge in [-0.1, -0.05) is 38.2 Å². The molecule has 3 heteroatoms. The molecule has 1 heterocycles. The molecule has 0 bridgehead atoms. The Morgan fingerprint density at radius 1 is 1.29 bits per heavy atom. The van der Waals surface area contributed by atoms with Gasteiger partial charge in [0, 0.05) is 34.1 Å². The maximum absolute atomic E-state index is 7.53. The van der Waals surface area contributed by atoms with E-state index in [1.165, 1.54) is 11.9 Å². The van der Waals surface area contributed by atoms with E-state index in [1.54, 1.807) is 0 Å². The number of nitrogens with one attached hydrogen (secondary N) is 1. The number of aromatic nitrogens is 1. The summed E-state index contributed by atoms with van der Waals surface area (Å²) >= 11 is 0. The van der Waals surface area contributed by atoms with Gasteiger partial charge in [0.2, 0.25) is 0 Å². The number of rotatable bonds is 3. The lowest BCUT2D eigenvalue weighted by Crippen LogP contribution is -2.11. The van der Waals surface area contributed by atoms with Crippen LogP contribution in [0.1, 0.15) is 43.5 Å². The van der Waals surface area contributed by atoms with Gasteiger partial charge in [0.15, 0.2) is 0 Å². The summed E-state index contributed by atoms with van der Waals surface area (Å²) in [5, 5.41) is 8.68. The molecule has 1 aliphatic rings. The minimum absolute atomic E-state index is 0.340. The number of hydrogen-bond donors (Lipinski definition) is 2. The molecular formula is C18H21N3. The van der Waals surface area contributed by atoms with E-state index in [0.29, 0.717) is 17.6 Å². The molecule has 1 aromatic carbocycles. The highest BCUT2D eigenvalue weighted by atomic mass is 15.0. The molecule has 0 saturated heterocycles. The predicted octanol–water partition coefficient (Wildman–Crippen LogP) is 4.40. The SMILES string of the molecule is CC(C)c1cc2cc(N)c(C=N)cc2n1C1C=CC=CC1. The van der Waals surface area contributed by atoms with Crippen LogP contribution in [-0.4, -0.2) is 10.8 Å². The number of hydrogen-bond acceptors (Lipinski definition) is 2. The van der Waals surface area contributed by atoms with E-state index in [-0.39, 0.29) is 0 Å². The molecule has 0 amide bonds. The molecule has 0 radical (unpaired) electrons. The zero-order chi connectivity index (χ0) is 15.0. The molecule has 2 aromatic rings. The zero-order valence-electron chi connectivity index (χ0n) is 12.5. The first-order valence-corrected chi connectivity index (χ1v) is 7.40. The van der Waals surface area contributed by atoms with Gasteiger partial charge in [-0.15, -0.1) is 0 Å². The number of nitrogen functional groups attached to an aromatic ring is 1. The summed E-state index contributed by atoms with van der Waals surface area (Å²) in [6, 6.07) is 6.60. The van der Waals surface area contributed by atoms with Crippen LogP contribution in [0.25, 0.3) is 10.9 Å². The third-order valence-corrected chi connectivity index (χ3v) is 4.11. The van der Waals surface area contributed by atoms with Crippen molar-refractivity contribution >= 4 is 22.8 Å². The summed E-state index contributed by atoms with van der Waals surface area (Å²) in [5.74, 6) is 0.446. The molecule has 21 heavy (non-hydrogen) atoms. The molecule has 108 valence electrons. The van der Waals surface area contributed by atoms with Crippen LogP contribution < -0.4 is 5.73 Å². The lowest BCUT2D eigenvalue weighted by Gasteiger charge is -2.22. The van der Waals surface area contributed by atoms with Crippen molar-refractivity contribution in [2.75, 3.05) is 5.73 Å². The van der Waals surface area contributed by atoms with Gasteiger partial charge < -0.3 is 15.7 Å². The fourth-order valence-corrected chi connectivity index (χ4v) is 3.03. The maximum Gasteiger partial charge on any atom is 0.0557 e. The quantitative estimate of drug-likeness (QED) is 0.635. The van der Waals surface area contributed by atoms with E-state index >= 15 is 0 Å². The Kier molecular flexibility index (Phi) is 3.42. The van der Waals surface area contributed by atoms with Crippen LogP contribution >= 0.6 is 0 Å². The van der Waals surface area contributed by atoms with Gasteiger partial charge in [-0.3, -0.25) is 0 Å². The molecule has 3 rings (SSSR count). The summed E-state index contributed by atoms with van der Waals surface area (Å²) in [6.45, 7) is 4.43. The van der Waals surface area contributed by atoms with E-state index in [9.17, 15) is 0 Å². The number of allylic oxidation sites excluding steroid dienone is 4. The lowest BCUT2D eigenvalue weighted by atomic mass is 10.1. The molecular weight excluding hydrogens is 258 g/mol. The van der Waals surface area contributed by atoms with Gasteiger partial charge >= 0.3 is 0 Å². The summed E-state index contributed by atoms with van der Waals surface area (Å²) in [7, 11) is 0. The summed E-state index contributed by atoms with van der Waals surface area (Å²) in [6.07, 6.45) is 11.0. The molecule has 1 aromatic heterocycles. The van der Waals surface area contributed by atoms with Gasteiger partial charge in [0.1, 0.15) is 0 Å². The second-order valence-corrected chi connectivity index (χ2v) is 5.89. The molecule has 1 atom stereocenters. The van der Waals surface area contributed by atoms with Gasteiger partial charge in [-0.05, 0) is 30.5 Å². The van der Waals surface area contributed by atoms with Crippen LogP contribution in [0.2, 0.25) is 0 Å². The first-order chi connectivity index (χ1) is 10.1. The third-order valence-electron chi connectivity index (χ3n) is 4.11. The second kappa shape index (κ2) is 5.24. The summed E-state index contributed by atoms with van der Waals surface area (Å²) in [4.78, 5) is 0. The van der Waals surface area contributed by atoms with E-state index in [2.05, 4.69) is 48.8 Å². The van der Waals surface area contributed by atoms with Crippen LogP contribution in [0.3, 0.4) is 0 Å². The van der Waals surface area contributed by atoms with Gasteiger partial charge in [-0.25, -0.2) is 0 Å². The van der Waals surface area contributed by atoms with Crippen LogP contribution in [0, 0.1) is 5.41 Å². The molecule has 0 spiro atoms. The summed E-state index contributed by atoms with van der Waals surface area (Å²) in [5.41, 5.74) is 9.96. The van der Waals surface area contributed by atoms with Crippen molar-refractivity contribution in [3.8, 4) is 0 Å². The highest BCUT2D eigenvalue weighted by Crippen LogP contribution is 2.33. The van der Waals surface area contributed by atoms with Gasteiger partial charge in [-0.2, -0.15) is 0 Å². The number of anilines is 1. The highest BCUT2D eigenvalue weighted by Gasteiger charge is 2.18. The number of nitrogens with zero attached hydrogens (tertiary/aromatic N) is 1. The Morgan fingerprint density at radius 3 is 2.71 bits per heavy atom. The van der Waals surface area contributed by atoms with Crippen molar-refractivity contribution in [1.82, 2.24) is 4.57 Å². The van der Waals surface area contributed by atoms with Crippen LogP contribution in [-0.2, 0) is 0 Å². The Morgan fingerprint density at radius 2 is 2.10 bits per heavy atom. The largest absolute Gasteiger partial charge is 0.398 e. The molecule has 0 saturated carbocycles. The van der Waals surface area contributed by atoms with Crippen molar-refractivity contribution < 1.29 is 0 Å². The molecule has 0 aliphatic heterocycles. The van der Waals surface area contributed by atoms with E-state index < -0.39 is 0 Å². The summed E-state index contributed by atoms with van der Waals surface area (Å²) < 4.78 is 2.40. The smallest absolute Gasteiger partial charge is 0.0557 e. The molecule has 0 fully saturated rings. The normalized spacial score (nSPS) is 17.8. The van der Waals surface area contributed by atoms with Crippen LogP contribution in [0.5, 0.6) is 0 Å². The Balaban J connectivity index is 2.27. The Bertz CT molecular complexity index is 747. The van der Waals surface area contributed by atoms with Gasteiger partial charge in [0.25, 0.3) is 0 Å². The predicted molar refractivity (Wildman–Crippen MR) is 90.3 cm³/mol. The van der Waals surface area contributed by atoms with Crippen molar-refractivity contribution in [2.45, 2.75) is 32.2 Å². The van der Waals surface area contributed by atoms with Crippen LogP contribution in [0.4, 0.5) is 5.69 Å². The van der Waals surface area contributed by atoms with Crippen molar-refractivity contribution in [1.29, 1.82) is 5.41 Å². The topological polar surface area (TPSA) is 54.8 Å². The van der Waals surface area contributed by atoms with E-state index in [4.69, 9.17) is 11.1 Å². The third kappa shape index (κ3) is 2.29. The van der Waals surface area contributed by atoms with Gasteiger partial charge in [0.05, 0.1) is 6.04 Å². The number of benzene rings is 1. The van der Waals surface area contributed by atoms with E-state index in [1.807, 2.05) is 12.1 Å². The Hall–Kier alpha value is -2.29.